The number of benzene rings is 1. The second kappa shape index (κ2) is 7.21. The fraction of sp³-hybridized carbons (Fsp3) is 0.421. The lowest BCUT2D eigenvalue weighted by atomic mass is 9.93. The first-order valence-corrected chi connectivity index (χ1v) is 9.36. The molecule has 1 aromatic carbocycles. The van der Waals surface area contributed by atoms with Crippen molar-refractivity contribution in [1.29, 1.82) is 0 Å². The van der Waals surface area contributed by atoms with E-state index in [2.05, 4.69) is 15.6 Å². The second-order valence-corrected chi connectivity index (χ2v) is 6.93. The predicted octanol–water partition coefficient (Wildman–Crippen LogP) is 3.15. The van der Waals surface area contributed by atoms with E-state index in [1.165, 1.54) is 0 Å². The highest BCUT2D eigenvalue weighted by Gasteiger charge is 2.36. The number of rotatable bonds is 6. The third-order valence-corrected chi connectivity index (χ3v) is 5.05. The van der Waals surface area contributed by atoms with Crippen LogP contribution in [0.1, 0.15) is 41.8 Å². The molecular weight excluding hydrogens is 352 g/mol. The van der Waals surface area contributed by atoms with Crippen molar-refractivity contribution in [2.24, 2.45) is 0 Å². The number of carbonyl (C=O) groups is 1. The first-order valence-electron chi connectivity index (χ1n) is 8.99. The highest BCUT2D eigenvalue weighted by molar-refractivity contribution is 6.31. The van der Waals surface area contributed by atoms with E-state index in [-0.39, 0.29) is 5.91 Å². The molecule has 2 N–H and O–H groups in total. The van der Waals surface area contributed by atoms with Crippen LogP contribution in [0.5, 0.6) is 0 Å². The minimum Gasteiger partial charge on any atom is -0.380 e. The lowest BCUT2D eigenvalue weighted by Gasteiger charge is -2.15. The van der Waals surface area contributed by atoms with E-state index >= 15 is 0 Å². The number of nitrogens with one attached hydrogen (secondary N) is 2. The van der Waals surface area contributed by atoms with Gasteiger partial charge in [-0.3, -0.25) is 4.79 Å². The van der Waals surface area contributed by atoms with E-state index in [4.69, 9.17) is 21.3 Å². The monoisotopic (exact) mass is 372 g/mol. The molecule has 1 unspecified atom stereocenters. The number of fused-ring (bicyclic) bond motifs is 2. The maximum absolute atomic E-state index is 12.7. The van der Waals surface area contributed by atoms with Crippen LogP contribution in [0.3, 0.4) is 0 Å². The van der Waals surface area contributed by atoms with E-state index in [9.17, 15) is 4.79 Å². The molecule has 0 saturated heterocycles. The molecule has 0 radical (unpaired) electrons. The van der Waals surface area contributed by atoms with Gasteiger partial charge in [0.2, 0.25) is 11.9 Å². The van der Waals surface area contributed by atoms with Gasteiger partial charge in [-0.05, 0) is 55.5 Å². The first-order chi connectivity index (χ1) is 12.7. The predicted molar refractivity (Wildman–Crippen MR) is 101 cm³/mol. The number of anilines is 2. The number of amides is 1. The van der Waals surface area contributed by atoms with Crippen molar-refractivity contribution in [2.45, 2.75) is 32.1 Å². The van der Waals surface area contributed by atoms with Crippen LogP contribution in [-0.4, -0.2) is 35.6 Å². The van der Waals surface area contributed by atoms with Crippen molar-refractivity contribution in [3.8, 4) is 0 Å². The second-order valence-electron chi connectivity index (χ2n) is 6.49. The fourth-order valence-electron chi connectivity index (χ4n) is 3.66. The number of aromatic nitrogens is 2. The largest absolute Gasteiger partial charge is 0.380 e. The molecule has 1 aliphatic heterocycles. The number of hydrogen-bond donors (Lipinski definition) is 2. The molecule has 0 spiro atoms. The Labute approximate surface area is 157 Å². The zero-order valence-electron chi connectivity index (χ0n) is 14.6. The van der Waals surface area contributed by atoms with Crippen LogP contribution in [0.25, 0.3) is 0 Å². The van der Waals surface area contributed by atoms with Crippen LogP contribution < -0.4 is 10.6 Å². The maximum atomic E-state index is 12.7. The van der Waals surface area contributed by atoms with Crippen molar-refractivity contribution < 1.29 is 9.53 Å². The summed E-state index contributed by atoms with van der Waals surface area (Å²) < 4.78 is 5.36. The Kier molecular flexibility index (Phi) is 4.78. The molecule has 2 aliphatic rings. The number of carbonyl (C=O) groups excluding carboxylic acids is 1. The Morgan fingerprint density at radius 2 is 2.23 bits per heavy atom. The van der Waals surface area contributed by atoms with Crippen molar-refractivity contribution in [1.82, 2.24) is 9.97 Å². The third kappa shape index (κ3) is 3.15. The van der Waals surface area contributed by atoms with Crippen molar-refractivity contribution in [2.75, 3.05) is 30.4 Å². The molecule has 1 amide bonds. The molecule has 1 aromatic heterocycles. The molecule has 1 aliphatic carbocycles. The molecule has 0 saturated carbocycles. The number of aryl methyl sites for hydroxylation is 1. The van der Waals surface area contributed by atoms with Crippen LogP contribution in [-0.2, 0) is 22.4 Å². The third-order valence-electron chi connectivity index (χ3n) is 4.82. The summed E-state index contributed by atoms with van der Waals surface area (Å²) in [6, 6.07) is 5.48. The smallest absolute Gasteiger partial charge is 0.238 e. The van der Waals surface area contributed by atoms with Crippen molar-refractivity contribution in [3.05, 3.63) is 45.7 Å². The average Bonchev–Trinajstić information content (AvgIpc) is 3.21. The summed E-state index contributed by atoms with van der Waals surface area (Å²) in [5.41, 5.74) is 4.63. The van der Waals surface area contributed by atoms with Crippen LogP contribution in [0.2, 0.25) is 5.02 Å². The Bertz CT molecular complexity index is 856. The normalized spacial score (nSPS) is 17.8. The molecule has 1 atom stereocenters. The van der Waals surface area contributed by atoms with Gasteiger partial charge in [0.15, 0.2) is 0 Å². The first kappa shape index (κ1) is 17.2. The number of halogens is 1. The van der Waals surface area contributed by atoms with Gasteiger partial charge in [0.25, 0.3) is 0 Å². The van der Waals surface area contributed by atoms with Gasteiger partial charge >= 0.3 is 0 Å². The van der Waals surface area contributed by atoms with E-state index in [1.807, 2.05) is 19.1 Å². The molecule has 2 aromatic rings. The molecule has 0 bridgehead atoms. The number of nitrogens with zero attached hydrogens (tertiary/aromatic N) is 2. The highest BCUT2D eigenvalue weighted by atomic mass is 35.5. The van der Waals surface area contributed by atoms with E-state index in [1.54, 1.807) is 6.07 Å². The molecule has 2 heterocycles. The summed E-state index contributed by atoms with van der Waals surface area (Å²) in [5, 5.41) is 6.78. The zero-order chi connectivity index (χ0) is 18.1. The van der Waals surface area contributed by atoms with Crippen LogP contribution in [0, 0.1) is 0 Å². The SMILES string of the molecule is CCOCCNc1nc2c(c(C3C(=O)Nc4ccc(Cl)cc43)n1)CCC2. The molecule has 7 heteroatoms. The molecular formula is C19H21ClN4O2. The zero-order valence-corrected chi connectivity index (χ0v) is 15.4. The lowest BCUT2D eigenvalue weighted by molar-refractivity contribution is -0.116. The van der Waals surface area contributed by atoms with Crippen molar-refractivity contribution >= 4 is 29.1 Å². The number of ether oxygens (including phenoxy) is 1. The van der Waals surface area contributed by atoms with E-state index < -0.39 is 5.92 Å². The van der Waals surface area contributed by atoms with Gasteiger partial charge in [-0.1, -0.05) is 11.6 Å². The fourth-order valence-corrected chi connectivity index (χ4v) is 3.84. The lowest BCUT2D eigenvalue weighted by Crippen LogP contribution is -2.19. The van der Waals surface area contributed by atoms with Crippen LogP contribution in [0.15, 0.2) is 18.2 Å². The quantitative estimate of drug-likeness (QED) is 0.762. The summed E-state index contributed by atoms with van der Waals surface area (Å²) in [5.74, 6) is 0.0601. The summed E-state index contributed by atoms with van der Waals surface area (Å²) in [7, 11) is 0. The highest BCUT2D eigenvalue weighted by Crippen LogP contribution is 2.41. The molecule has 6 nitrogen and oxygen atoms in total. The van der Waals surface area contributed by atoms with Gasteiger partial charge in [0.1, 0.15) is 5.92 Å². The summed E-state index contributed by atoms with van der Waals surface area (Å²) in [6.45, 7) is 3.86. The molecule has 136 valence electrons. The standard InChI is InChI=1S/C19H21ClN4O2/c1-2-26-9-8-21-19-23-14-5-3-4-12(14)17(24-19)16-13-10-11(20)6-7-15(13)22-18(16)25/h6-7,10,16H,2-5,8-9H2,1H3,(H,22,25)(H,21,23,24). The molecule has 26 heavy (non-hydrogen) atoms. The average molecular weight is 373 g/mol. The van der Waals surface area contributed by atoms with Gasteiger partial charge in [0.05, 0.1) is 12.3 Å². The van der Waals surface area contributed by atoms with E-state index in [0.29, 0.717) is 30.7 Å². The van der Waals surface area contributed by atoms with E-state index in [0.717, 1.165) is 47.5 Å². The van der Waals surface area contributed by atoms with Crippen molar-refractivity contribution in [3.63, 3.8) is 0 Å². The molecule has 0 fully saturated rings. The summed E-state index contributed by atoms with van der Waals surface area (Å²) in [6.07, 6.45) is 2.86. The van der Waals surface area contributed by atoms with Gasteiger partial charge < -0.3 is 15.4 Å². The van der Waals surface area contributed by atoms with Gasteiger partial charge in [0, 0.05) is 29.6 Å². The van der Waals surface area contributed by atoms with Gasteiger partial charge in [-0.2, -0.15) is 0 Å². The topological polar surface area (TPSA) is 76.1 Å². The van der Waals surface area contributed by atoms with Gasteiger partial charge in [-0.25, -0.2) is 9.97 Å². The molecule has 4 rings (SSSR count). The minimum atomic E-state index is -0.439. The van der Waals surface area contributed by atoms with Gasteiger partial charge in [-0.15, -0.1) is 0 Å². The summed E-state index contributed by atoms with van der Waals surface area (Å²) in [4.78, 5) is 22.1. The van der Waals surface area contributed by atoms with Crippen LogP contribution in [0.4, 0.5) is 11.6 Å². The summed E-state index contributed by atoms with van der Waals surface area (Å²) >= 11 is 6.17. The Morgan fingerprint density at radius 3 is 3.08 bits per heavy atom. The van der Waals surface area contributed by atoms with Crippen LogP contribution >= 0.6 is 11.6 Å². The number of hydrogen-bond acceptors (Lipinski definition) is 5. The Hall–Kier alpha value is -2.18. The Morgan fingerprint density at radius 1 is 1.35 bits per heavy atom. The maximum Gasteiger partial charge on any atom is 0.238 e. The Balaban J connectivity index is 1.71. The minimum absolute atomic E-state index is 0.0599.